The summed E-state index contributed by atoms with van der Waals surface area (Å²) in [6.45, 7) is 0. The summed E-state index contributed by atoms with van der Waals surface area (Å²) in [6.07, 6.45) is 3.97. The summed E-state index contributed by atoms with van der Waals surface area (Å²) in [6, 6.07) is 3.43. The third kappa shape index (κ3) is 4.01. The zero-order valence-corrected chi connectivity index (χ0v) is 14.0. The second-order valence-electron chi connectivity index (χ2n) is 5.75. The highest BCUT2D eigenvalue weighted by Crippen LogP contribution is 2.28. The molecular weight excluding hydrogens is 338 g/mol. The summed E-state index contributed by atoms with van der Waals surface area (Å²) in [4.78, 5) is 19.9. The molecule has 26 heavy (non-hydrogen) atoms. The van der Waals surface area contributed by atoms with Crippen LogP contribution in [-0.2, 0) is 0 Å². The monoisotopic (exact) mass is 355 g/mol. The van der Waals surface area contributed by atoms with Gasteiger partial charge in [0, 0.05) is 19.5 Å². The molecule has 1 fully saturated rings. The number of hydrogen-bond acceptors (Lipinski definition) is 9. The molecular formula is C16H17N7O3. The molecule has 0 bridgehead atoms. The van der Waals surface area contributed by atoms with Crippen molar-refractivity contribution < 1.29 is 14.6 Å². The summed E-state index contributed by atoms with van der Waals surface area (Å²) < 4.78 is 5.87. The lowest BCUT2D eigenvalue weighted by Crippen LogP contribution is -2.23. The number of rotatable bonds is 5. The minimum atomic E-state index is -0.421. The smallest absolute Gasteiger partial charge is 0.275 e. The number of nitrogens with zero attached hydrogens (tertiary/aromatic N) is 5. The third-order valence-electron chi connectivity index (χ3n) is 3.87. The lowest BCUT2D eigenvalue weighted by Gasteiger charge is -2.16. The number of ether oxygens (including phenoxy) is 1. The normalized spacial score (nSPS) is 18.8. The molecule has 2 heterocycles. The first-order chi connectivity index (χ1) is 12.6. The Morgan fingerprint density at radius 1 is 1.31 bits per heavy atom. The van der Waals surface area contributed by atoms with Gasteiger partial charge in [-0.2, -0.15) is 5.26 Å². The molecule has 2 unspecified atom stereocenters. The molecule has 1 aliphatic carbocycles. The molecule has 1 saturated carbocycles. The fourth-order valence-corrected chi connectivity index (χ4v) is 2.59. The standard InChI is InChI=1S/C16H17N7O3/c1-18-16(25)15-12(26-11-3-2-10(24)4-11)5-13(22-23-15)21-14-8-19-9(6-17)7-20-14/h5,7-8,10-11,24H,2-4H2,1H3,(H,18,25)(H,20,21,22). The number of amides is 1. The minimum Gasteiger partial charge on any atom is -0.488 e. The van der Waals surface area contributed by atoms with Crippen molar-refractivity contribution in [3.8, 4) is 11.8 Å². The van der Waals surface area contributed by atoms with E-state index in [9.17, 15) is 9.90 Å². The van der Waals surface area contributed by atoms with Crippen LogP contribution in [0.1, 0.15) is 35.4 Å². The number of aromatic nitrogens is 4. The molecule has 0 radical (unpaired) electrons. The van der Waals surface area contributed by atoms with Gasteiger partial charge in [-0.25, -0.2) is 9.97 Å². The number of anilines is 2. The van der Waals surface area contributed by atoms with Crippen molar-refractivity contribution in [1.29, 1.82) is 5.26 Å². The van der Waals surface area contributed by atoms with Crippen LogP contribution < -0.4 is 15.4 Å². The minimum absolute atomic E-state index is 0.0605. The average Bonchev–Trinajstić information content (AvgIpc) is 3.07. The zero-order chi connectivity index (χ0) is 18.5. The highest BCUT2D eigenvalue weighted by atomic mass is 16.5. The number of nitrogens with one attached hydrogen (secondary N) is 2. The van der Waals surface area contributed by atoms with Crippen LogP contribution in [0.4, 0.5) is 11.6 Å². The predicted octanol–water partition coefficient (Wildman–Crippen LogP) is 0.534. The van der Waals surface area contributed by atoms with Gasteiger partial charge in [-0.05, 0) is 12.8 Å². The van der Waals surface area contributed by atoms with Gasteiger partial charge in [-0.3, -0.25) is 4.79 Å². The van der Waals surface area contributed by atoms with Gasteiger partial charge in [-0.1, -0.05) is 0 Å². The molecule has 0 aromatic carbocycles. The van der Waals surface area contributed by atoms with Gasteiger partial charge >= 0.3 is 0 Å². The van der Waals surface area contributed by atoms with Gasteiger partial charge in [-0.15, -0.1) is 10.2 Å². The third-order valence-corrected chi connectivity index (χ3v) is 3.87. The Kier molecular flexibility index (Phi) is 5.19. The molecule has 3 N–H and O–H groups in total. The summed E-state index contributed by atoms with van der Waals surface area (Å²) in [5.41, 5.74) is 0.255. The van der Waals surface area contributed by atoms with E-state index in [4.69, 9.17) is 10.00 Å². The summed E-state index contributed by atoms with van der Waals surface area (Å²) in [7, 11) is 1.49. The van der Waals surface area contributed by atoms with Gasteiger partial charge in [0.2, 0.25) is 0 Å². The van der Waals surface area contributed by atoms with E-state index < -0.39 is 12.0 Å². The number of carbonyl (C=O) groups is 1. The van der Waals surface area contributed by atoms with Gasteiger partial charge in [0.25, 0.3) is 5.91 Å². The molecule has 2 aromatic heterocycles. The van der Waals surface area contributed by atoms with Crippen LogP contribution in [0.25, 0.3) is 0 Å². The summed E-state index contributed by atoms with van der Waals surface area (Å²) in [5.74, 6) is 0.525. The largest absolute Gasteiger partial charge is 0.488 e. The molecule has 10 nitrogen and oxygen atoms in total. The molecule has 134 valence electrons. The van der Waals surface area contributed by atoms with Crippen LogP contribution in [0.5, 0.6) is 5.75 Å². The number of aliphatic hydroxyl groups excluding tert-OH is 1. The first kappa shape index (κ1) is 17.5. The Balaban J connectivity index is 1.83. The van der Waals surface area contributed by atoms with Gasteiger partial charge < -0.3 is 20.5 Å². The summed E-state index contributed by atoms with van der Waals surface area (Å²) in [5, 5.41) is 31.7. The number of aliphatic hydroxyl groups is 1. The van der Waals surface area contributed by atoms with Crippen LogP contribution in [-0.4, -0.2) is 50.4 Å². The van der Waals surface area contributed by atoms with E-state index >= 15 is 0 Å². The van der Waals surface area contributed by atoms with Crippen LogP contribution >= 0.6 is 0 Å². The Labute approximate surface area is 149 Å². The topological polar surface area (TPSA) is 146 Å². The molecule has 0 aliphatic heterocycles. The van der Waals surface area contributed by atoms with Crippen molar-refractivity contribution in [1.82, 2.24) is 25.5 Å². The average molecular weight is 355 g/mol. The lowest BCUT2D eigenvalue weighted by atomic mass is 10.2. The first-order valence-corrected chi connectivity index (χ1v) is 8.02. The maximum atomic E-state index is 12.0. The SMILES string of the molecule is CNC(=O)c1nnc(Nc2cnc(C#N)cn2)cc1OC1CCC(O)C1. The molecule has 1 aliphatic rings. The van der Waals surface area contributed by atoms with Crippen molar-refractivity contribution in [3.05, 3.63) is 29.8 Å². The number of nitriles is 1. The second kappa shape index (κ2) is 7.71. The molecule has 2 atom stereocenters. The summed E-state index contributed by atoms with van der Waals surface area (Å²) >= 11 is 0. The van der Waals surface area contributed by atoms with Gasteiger partial charge in [0.1, 0.15) is 18.0 Å². The van der Waals surface area contributed by atoms with Crippen molar-refractivity contribution >= 4 is 17.5 Å². The van der Waals surface area contributed by atoms with Gasteiger partial charge in [0.05, 0.1) is 18.5 Å². The Morgan fingerprint density at radius 3 is 2.77 bits per heavy atom. The molecule has 0 saturated heterocycles. The maximum Gasteiger partial charge on any atom is 0.275 e. The maximum absolute atomic E-state index is 12.0. The van der Waals surface area contributed by atoms with E-state index in [0.717, 1.165) is 0 Å². The number of hydrogen-bond donors (Lipinski definition) is 3. The predicted molar refractivity (Wildman–Crippen MR) is 89.7 cm³/mol. The van der Waals surface area contributed by atoms with E-state index in [-0.39, 0.29) is 23.2 Å². The molecule has 1 amide bonds. The Morgan fingerprint density at radius 2 is 2.15 bits per heavy atom. The van der Waals surface area contributed by atoms with Crippen LogP contribution in [0, 0.1) is 11.3 Å². The van der Waals surface area contributed by atoms with Crippen LogP contribution in [0.15, 0.2) is 18.5 Å². The lowest BCUT2D eigenvalue weighted by molar-refractivity contribution is 0.0947. The quantitative estimate of drug-likeness (QED) is 0.699. The van der Waals surface area contributed by atoms with Gasteiger partial charge in [0.15, 0.2) is 23.0 Å². The van der Waals surface area contributed by atoms with Crippen molar-refractivity contribution in [3.63, 3.8) is 0 Å². The fourth-order valence-electron chi connectivity index (χ4n) is 2.59. The van der Waals surface area contributed by atoms with Crippen LogP contribution in [0.3, 0.4) is 0 Å². The Bertz CT molecular complexity index is 835. The van der Waals surface area contributed by atoms with E-state index in [1.165, 1.54) is 19.4 Å². The molecule has 3 rings (SSSR count). The van der Waals surface area contributed by atoms with Crippen molar-refractivity contribution in [2.24, 2.45) is 0 Å². The van der Waals surface area contributed by atoms with E-state index in [1.54, 1.807) is 6.07 Å². The van der Waals surface area contributed by atoms with Crippen LogP contribution in [0.2, 0.25) is 0 Å². The second-order valence-corrected chi connectivity index (χ2v) is 5.75. The van der Waals surface area contributed by atoms with E-state index in [2.05, 4.69) is 30.8 Å². The van der Waals surface area contributed by atoms with E-state index in [0.29, 0.717) is 30.9 Å². The fraction of sp³-hybridized carbons (Fsp3) is 0.375. The van der Waals surface area contributed by atoms with Crippen molar-refractivity contribution in [2.45, 2.75) is 31.5 Å². The number of carbonyl (C=O) groups excluding carboxylic acids is 1. The highest BCUT2D eigenvalue weighted by molar-refractivity contribution is 5.94. The van der Waals surface area contributed by atoms with Crippen molar-refractivity contribution in [2.75, 3.05) is 12.4 Å². The molecule has 10 heteroatoms. The Hall–Kier alpha value is -3.32. The van der Waals surface area contributed by atoms with E-state index in [1.807, 2.05) is 6.07 Å². The molecule has 0 spiro atoms. The first-order valence-electron chi connectivity index (χ1n) is 8.02. The highest BCUT2D eigenvalue weighted by Gasteiger charge is 2.26. The zero-order valence-electron chi connectivity index (χ0n) is 14.0. The molecule has 2 aromatic rings.